The van der Waals surface area contributed by atoms with Crippen molar-refractivity contribution in [2.45, 2.75) is 96.2 Å². The van der Waals surface area contributed by atoms with E-state index in [9.17, 15) is 19.5 Å². The van der Waals surface area contributed by atoms with Crippen molar-refractivity contribution in [3.05, 3.63) is 60.2 Å². The van der Waals surface area contributed by atoms with Crippen molar-refractivity contribution in [3.63, 3.8) is 0 Å². The van der Waals surface area contributed by atoms with E-state index in [0.717, 1.165) is 18.4 Å². The van der Waals surface area contributed by atoms with Crippen LogP contribution in [-0.4, -0.2) is 86.6 Å². The summed E-state index contributed by atoms with van der Waals surface area (Å²) in [5, 5.41) is 10.6. The van der Waals surface area contributed by atoms with Gasteiger partial charge in [0.1, 0.15) is 11.6 Å². The Labute approximate surface area is 250 Å². The van der Waals surface area contributed by atoms with Crippen LogP contribution in [0, 0.1) is 17.8 Å². The second-order valence-corrected chi connectivity index (χ2v) is 13.0. The van der Waals surface area contributed by atoms with Gasteiger partial charge >= 0.3 is 0 Å². The van der Waals surface area contributed by atoms with Crippen molar-refractivity contribution in [2.75, 3.05) is 19.7 Å². The van der Waals surface area contributed by atoms with Gasteiger partial charge in [-0.25, -0.2) is 0 Å². The van der Waals surface area contributed by atoms with Gasteiger partial charge in [-0.15, -0.1) is 0 Å². The molecular formula is C34H47N3O5. The number of aliphatic hydroxyl groups excluding tert-OH is 1. The molecule has 1 aromatic rings. The van der Waals surface area contributed by atoms with Gasteiger partial charge in [-0.1, -0.05) is 88.8 Å². The third kappa shape index (κ3) is 4.90. The molecule has 4 aliphatic heterocycles. The van der Waals surface area contributed by atoms with Crippen LogP contribution in [0.3, 0.4) is 0 Å². The lowest BCUT2D eigenvalue weighted by Crippen LogP contribution is -2.60. The SMILES string of the molecule is CCCC(C)N1CC=C[C@]23O[C@]4(CC)C=CCN(Cc5ccccc5)C(=O)[C@@H]4[C@H]2C(=O)N([C@@H](CO)CC(C)C)C3C1=O. The van der Waals surface area contributed by atoms with Crippen molar-refractivity contribution in [2.24, 2.45) is 17.8 Å². The third-order valence-corrected chi connectivity index (χ3v) is 9.79. The largest absolute Gasteiger partial charge is 0.394 e. The minimum Gasteiger partial charge on any atom is -0.394 e. The molecule has 5 rings (SSSR count). The minimum absolute atomic E-state index is 0.0223. The van der Waals surface area contributed by atoms with Gasteiger partial charge in [0.25, 0.3) is 0 Å². The van der Waals surface area contributed by atoms with Gasteiger partial charge in [-0.05, 0) is 37.7 Å². The van der Waals surface area contributed by atoms with E-state index in [1.165, 1.54) is 0 Å². The van der Waals surface area contributed by atoms with Crippen LogP contribution in [0.1, 0.15) is 65.9 Å². The Bertz CT molecular complexity index is 1230. The predicted octanol–water partition coefficient (Wildman–Crippen LogP) is 3.94. The lowest BCUT2D eigenvalue weighted by Gasteiger charge is -2.42. The zero-order valence-corrected chi connectivity index (χ0v) is 25.7. The van der Waals surface area contributed by atoms with Gasteiger partial charge in [0.2, 0.25) is 17.7 Å². The van der Waals surface area contributed by atoms with Gasteiger partial charge in [-0.3, -0.25) is 14.4 Å². The number of carbonyl (C=O) groups is 3. The fourth-order valence-corrected chi connectivity index (χ4v) is 7.90. The fourth-order valence-electron chi connectivity index (χ4n) is 7.90. The Kier molecular flexibility index (Phi) is 8.68. The molecule has 2 saturated heterocycles. The minimum atomic E-state index is -1.31. The standard InChI is InChI=1S/C34H47N3O5/c1-6-13-24(5)36-19-12-17-34-28(31(40)37(29(34)32(36)41)26(22-38)20-23(3)4)27-30(39)35(21-25-14-9-8-10-15-25)18-11-16-33(27,7-2)42-34/h8-12,14-17,23-24,26-29,38H,6-7,13,18-22H2,1-5H3/t24?,26-,27+,28+,29?,33-,34+/m1/s1. The van der Waals surface area contributed by atoms with Crippen molar-refractivity contribution < 1.29 is 24.2 Å². The van der Waals surface area contributed by atoms with E-state index in [1.54, 1.807) is 9.80 Å². The summed E-state index contributed by atoms with van der Waals surface area (Å²) >= 11 is 0. The van der Waals surface area contributed by atoms with Crippen molar-refractivity contribution in [1.29, 1.82) is 0 Å². The Morgan fingerprint density at radius 1 is 0.952 bits per heavy atom. The summed E-state index contributed by atoms with van der Waals surface area (Å²) in [6.07, 6.45) is 10.6. The maximum absolute atomic E-state index is 14.8. The molecular weight excluding hydrogens is 530 g/mol. The average molecular weight is 578 g/mol. The second kappa shape index (κ2) is 12.0. The van der Waals surface area contributed by atoms with Gasteiger partial charge < -0.3 is 24.5 Å². The zero-order valence-electron chi connectivity index (χ0n) is 25.7. The Balaban J connectivity index is 1.64. The Morgan fingerprint density at radius 2 is 1.67 bits per heavy atom. The highest BCUT2D eigenvalue weighted by atomic mass is 16.5. The molecule has 4 heterocycles. The molecule has 3 amide bonds. The smallest absolute Gasteiger partial charge is 0.249 e. The molecule has 0 aromatic heterocycles. The number of likely N-dealkylation sites (tertiary alicyclic amines) is 1. The van der Waals surface area contributed by atoms with Gasteiger partial charge in [0, 0.05) is 25.7 Å². The van der Waals surface area contributed by atoms with E-state index >= 15 is 0 Å². The zero-order chi connectivity index (χ0) is 30.2. The summed E-state index contributed by atoms with van der Waals surface area (Å²) < 4.78 is 7.09. The van der Waals surface area contributed by atoms with Crippen LogP contribution in [0.25, 0.3) is 0 Å². The number of carbonyl (C=O) groups excluding carboxylic acids is 3. The van der Waals surface area contributed by atoms with Gasteiger partial charge in [0.15, 0.2) is 0 Å². The van der Waals surface area contributed by atoms with Crippen molar-refractivity contribution in [1.82, 2.24) is 14.7 Å². The highest BCUT2D eigenvalue weighted by Gasteiger charge is 2.76. The van der Waals surface area contributed by atoms with E-state index in [2.05, 4.69) is 6.92 Å². The molecule has 8 heteroatoms. The summed E-state index contributed by atoms with van der Waals surface area (Å²) in [7, 11) is 0. The molecule has 2 fully saturated rings. The lowest BCUT2D eigenvalue weighted by molar-refractivity contribution is -0.158. The number of hydrogen-bond donors (Lipinski definition) is 1. The molecule has 4 aliphatic rings. The summed E-state index contributed by atoms with van der Waals surface area (Å²) in [6, 6.07) is 8.32. The topological polar surface area (TPSA) is 90.4 Å². The molecule has 2 unspecified atom stereocenters. The van der Waals surface area contributed by atoms with Crippen molar-refractivity contribution >= 4 is 17.7 Å². The molecule has 1 aromatic carbocycles. The first-order chi connectivity index (χ1) is 20.1. The number of amides is 3. The molecule has 1 spiro atoms. The Hall–Kier alpha value is -2.97. The molecule has 42 heavy (non-hydrogen) atoms. The van der Waals surface area contributed by atoms with E-state index in [-0.39, 0.29) is 36.3 Å². The number of fused-ring (bicyclic) bond motifs is 2. The first kappa shape index (κ1) is 30.5. The van der Waals surface area contributed by atoms with Crippen molar-refractivity contribution in [3.8, 4) is 0 Å². The number of benzene rings is 1. The number of rotatable bonds is 10. The monoisotopic (exact) mass is 577 g/mol. The lowest BCUT2D eigenvalue weighted by atomic mass is 9.73. The highest BCUT2D eigenvalue weighted by molar-refractivity contribution is 6.00. The van der Waals surface area contributed by atoms with E-state index < -0.39 is 35.1 Å². The predicted molar refractivity (Wildman–Crippen MR) is 161 cm³/mol. The number of ether oxygens (including phenoxy) is 1. The maximum Gasteiger partial charge on any atom is 0.249 e. The van der Waals surface area contributed by atoms with Crippen LogP contribution in [0.2, 0.25) is 0 Å². The molecule has 0 aliphatic carbocycles. The molecule has 1 N–H and O–H groups in total. The fraction of sp³-hybridized carbons (Fsp3) is 0.618. The number of nitrogens with zero attached hydrogens (tertiary/aromatic N) is 3. The number of hydrogen-bond acceptors (Lipinski definition) is 5. The summed E-state index contributed by atoms with van der Waals surface area (Å²) in [5.74, 6) is -2.05. The molecule has 0 bridgehead atoms. The van der Waals surface area contributed by atoms with Gasteiger partial charge in [-0.2, -0.15) is 0 Å². The summed E-state index contributed by atoms with van der Waals surface area (Å²) in [5.41, 5.74) is -1.32. The molecule has 8 nitrogen and oxygen atoms in total. The first-order valence-electron chi connectivity index (χ1n) is 15.8. The van der Waals surface area contributed by atoms with Gasteiger partial charge in [0.05, 0.1) is 30.1 Å². The summed E-state index contributed by atoms with van der Waals surface area (Å²) in [6.45, 7) is 11.2. The van der Waals surface area contributed by atoms with Crippen LogP contribution in [0.4, 0.5) is 0 Å². The quantitative estimate of drug-likeness (QED) is 0.426. The summed E-state index contributed by atoms with van der Waals surface area (Å²) in [4.78, 5) is 49.2. The maximum atomic E-state index is 14.8. The van der Waals surface area contributed by atoms with Crippen LogP contribution >= 0.6 is 0 Å². The molecule has 228 valence electrons. The molecule has 7 atom stereocenters. The van der Waals surface area contributed by atoms with E-state index in [4.69, 9.17) is 4.74 Å². The van der Waals surface area contributed by atoms with Crippen LogP contribution in [-0.2, 0) is 25.7 Å². The number of aliphatic hydroxyl groups is 1. The average Bonchev–Trinajstić information content (AvgIpc) is 3.27. The Morgan fingerprint density at radius 3 is 2.31 bits per heavy atom. The van der Waals surface area contributed by atoms with Crippen LogP contribution < -0.4 is 0 Å². The normalized spacial score (nSPS) is 32.1. The van der Waals surface area contributed by atoms with Crippen LogP contribution in [0.15, 0.2) is 54.6 Å². The third-order valence-electron chi connectivity index (χ3n) is 9.79. The highest BCUT2D eigenvalue weighted by Crippen LogP contribution is 2.59. The van der Waals surface area contributed by atoms with E-state index in [1.807, 2.05) is 87.2 Å². The molecule has 0 saturated carbocycles. The van der Waals surface area contributed by atoms with Crippen LogP contribution in [0.5, 0.6) is 0 Å². The molecule has 0 radical (unpaired) electrons. The second-order valence-electron chi connectivity index (χ2n) is 13.0. The first-order valence-corrected chi connectivity index (χ1v) is 15.8. The van der Waals surface area contributed by atoms with E-state index in [0.29, 0.717) is 32.5 Å².